The SMILES string of the molecule is CC(CCc1ccc(F)cc1)NCC(O)c1cccc(O)c1. The number of aliphatic hydroxyl groups is 1. The molecule has 0 bridgehead atoms. The quantitative estimate of drug-likeness (QED) is 0.736. The van der Waals surface area contributed by atoms with Crippen LogP contribution in [0.3, 0.4) is 0 Å². The van der Waals surface area contributed by atoms with Crippen molar-refractivity contribution in [3.8, 4) is 5.75 Å². The van der Waals surface area contributed by atoms with Gasteiger partial charge in [-0.25, -0.2) is 4.39 Å². The van der Waals surface area contributed by atoms with Gasteiger partial charge in [-0.3, -0.25) is 0 Å². The van der Waals surface area contributed by atoms with Gasteiger partial charge < -0.3 is 15.5 Å². The van der Waals surface area contributed by atoms with Crippen molar-refractivity contribution in [2.24, 2.45) is 0 Å². The van der Waals surface area contributed by atoms with Crippen LogP contribution in [0.25, 0.3) is 0 Å². The molecular weight excluding hydrogens is 281 g/mol. The molecule has 0 saturated carbocycles. The first-order chi connectivity index (χ1) is 10.5. The maximum absolute atomic E-state index is 12.8. The number of hydrogen-bond donors (Lipinski definition) is 3. The van der Waals surface area contributed by atoms with Gasteiger partial charge in [0.15, 0.2) is 0 Å². The smallest absolute Gasteiger partial charge is 0.123 e. The Bertz CT molecular complexity index is 586. The van der Waals surface area contributed by atoms with E-state index >= 15 is 0 Å². The second-order valence-electron chi connectivity index (χ2n) is 5.59. The number of nitrogens with one attached hydrogen (secondary N) is 1. The summed E-state index contributed by atoms with van der Waals surface area (Å²) in [5, 5.41) is 22.8. The van der Waals surface area contributed by atoms with Crippen molar-refractivity contribution in [3.63, 3.8) is 0 Å². The average molecular weight is 303 g/mol. The number of phenolic OH excluding ortho intramolecular Hbond substituents is 1. The van der Waals surface area contributed by atoms with Crippen LogP contribution in [0.1, 0.15) is 30.6 Å². The molecule has 118 valence electrons. The fourth-order valence-electron chi connectivity index (χ4n) is 2.30. The number of aryl methyl sites for hydroxylation is 1. The second kappa shape index (κ2) is 7.92. The Balaban J connectivity index is 1.75. The molecular formula is C18H22FNO2. The van der Waals surface area contributed by atoms with Crippen molar-refractivity contribution in [2.45, 2.75) is 31.9 Å². The average Bonchev–Trinajstić information content (AvgIpc) is 2.52. The largest absolute Gasteiger partial charge is 0.508 e. The molecule has 22 heavy (non-hydrogen) atoms. The van der Waals surface area contributed by atoms with Crippen LogP contribution < -0.4 is 5.32 Å². The Morgan fingerprint density at radius 2 is 1.86 bits per heavy atom. The number of aromatic hydroxyl groups is 1. The number of aliphatic hydroxyl groups excluding tert-OH is 1. The van der Waals surface area contributed by atoms with Gasteiger partial charge in [0.1, 0.15) is 11.6 Å². The van der Waals surface area contributed by atoms with Crippen molar-refractivity contribution in [3.05, 3.63) is 65.5 Å². The lowest BCUT2D eigenvalue weighted by Gasteiger charge is -2.17. The Kier molecular flexibility index (Phi) is 5.92. The van der Waals surface area contributed by atoms with E-state index < -0.39 is 6.10 Å². The highest BCUT2D eigenvalue weighted by Crippen LogP contribution is 2.17. The molecule has 2 unspecified atom stereocenters. The fraction of sp³-hybridized carbons (Fsp3) is 0.333. The molecule has 0 radical (unpaired) electrons. The van der Waals surface area contributed by atoms with Gasteiger partial charge in [-0.1, -0.05) is 24.3 Å². The summed E-state index contributed by atoms with van der Waals surface area (Å²) >= 11 is 0. The fourth-order valence-corrected chi connectivity index (χ4v) is 2.30. The molecule has 0 saturated heterocycles. The predicted molar refractivity (Wildman–Crippen MR) is 85.3 cm³/mol. The standard InChI is InChI=1S/C18H22FNO2/c1-13(5-6-14-7-9-16(19)10-8-14)20-12-18(22)15-3-2-4-17(21)11-15/h2-4,7-11,13,18,20-22H,5-6,12H2,1H3. The molecule has 0 aliphatic heterocycles. The van der Waals surface area contributed by atoms with E-state index in [0.29, 0.717) is 12.1 Å². The lowest BCUT2D eigenvalue weighted by molar-refractivity contribution is 0.169. The molecule has 0 aromatic heterocycles. The zero-order valence-corrected chi connectivity index (χ0v) is 12.7. The summed E-state index contributed by atoms with van der Waals surface area (Å²) in [6.45, 7) is 2.48. The van der Waals surface area contributed by atoms with E-state index in [4.69, 9.17) is 0 Å². The summed E-state index contributed by atoms with van der Waals surface area (Å²) in [4.78, 5) is 0. The van der Waals surface area contributed by atoms with Crippen molar-refractivity contribution < 1.29 is 14.6 Å². The number of rotatable bonds is 7. The van der Waals surface area contributed by atoms with E-state index in [0.717, 1.165) is 18.4 Å². The lowest BCUT2D eigenvalue weighted by atomic mass is 10.1. The minimum absolute atomic E-state index is 0.154. The van der Waals surface area contributed by atoms with Crippen LogP contribution in [0.4, 0.5) is 4.39 Å². The summed E-state index contributed by atoms with van der Waals surface area (Å²) in [5.41, 5.74) is 1.79. The first-order valence-electron chi connectivity index (χ1n) is 7.49. The van der Waals surface area contributed by atoms with Gasteiger partial charge in [0.25, 0.3) is 0 Å². The van der Waals surface area contributed by atoms with Crippen molar-refractivity contribution in [2.75, 3.05) is 6.54 Å². The summed E-state index contributed by atoms with van der Waals surface area (Å²) in [6, 6.07) is 13.4. The topological polar surface area (TPSA) is 52.5 Å². The Hall–Kier alpha value is -1.91. The third-order valence-corrected chi connectivity index (χ3v) is 3.69. The molecule has 3 N–H and O–H groups in total. The Labute approximate surface area is 130 Å². The normalized spacial score (nSPS) is 13.8. The van der Waals surface area contributed by atoms with E-state index in [9.17, 15) is 14.6 Å². The summed E-state index contributed by atoms with van der Waals surface area (Å²) < 4.78 is 12.8. The molecule has 3 nitrogen and oxygen atoms in total. The highest BCUT2D eigenvalue weighted by molar-refractivity contribution is 5.28. The van der Waals surface area contributed by atoms with Gasteiger partial charge in [-0.2, -0.15) is 0 Å². The van der Waals surface area contributed by atoms with Crippen LogP contribution in [0.2, 0.25) is 0 Å². The van der Waals surface area contributed by atoms with Gasteiger partial charge in [-0.15, -0.1) is 0 Å². The molecule has 0 aliphatic carbocycles. The van der Waals surface area contributed by atoms with Crippen LogP contribution in [0.15, 0.2) is 48.5 Å². The highest BCUT2D eigenvalue weighted by Gasteiger charge is 2.10. The van der Waals surface area contributed by atoms with Gasteiger partial charge in [-0.05, 0) is 55.2 Å². The van der Waals surface area contributed by atoms with Gasteiger partial charge >= 0.3 is 0 Å². The third kappa shape index (κ3) is 5.13. The highest BCUT2D eigenvalue weighted by atomic mass is 19.1. The van der Waals surface area contributed by atoms with Crippen molar-refractivity contribution in [1.82, 2.24) is 5.32 Å². The van der Waals surface area contributed by atoms with Gasteiger partial charge in [0, 0.05) is 12.6 Å². The second-order valence-corrected chi connectivity index (χ2v) is 5.59. The molecule has 0 spiro atoms. The van der Waals surface area contributed by atoms with E-state index in [1.807, 2.05) is 0 Å². The monoisotopic (exact) mass is 303 g/mol. The van der Waals surface area contributed by atoms with Gasteiger partial charge in [0.2, 0.25) is 0 Å². The van der Waals surface area contributed by atoms with E-state index in [1.54, 1.807) is 36.4 Å². The zero-order chi connectivity index (χ0) is 15.9. The summed E-state index contributed by atoms with van der Waals surface area (Å²) in [7, 11) is 0. The van der Waals surface area contributed by atoms with Crippen LogP contribution in [0.5, 0.6) is 5.75 Å². The first-order valence-corrected chi connectivity index (χ1v) is 7.49. The van der Waals surface area contributed by atoms with Crippen molar-refractivity contribution in [1.29, 1.82) is 0 Å². The maximum atomic E-state index is 12.8. The molecule has 4 heteroatoms. The molecule has 0 heterocycles. The minimum Gasteiger partial charge on any atom is -0.508 e. The van der Waals surface area contributed by atoms with Crippen molar-refractivity contribution >= 4 is 0 Å². The van der Waals surface area contributed by atoms with Crippen LogP contribution in [-0.2, 0) is 6.42 Å². The summed E-state index contributed by atoms with van der Waals surface area (Å²) in [6.07, 6.45) is 1.11. The molecule has 2 aromatic rings. The molecule has 0 aliphatic rings. The summed E-state index contributed by atoms with van der Waals surface area (Å²) in [5.74, 6) is -0.0648. The third-order valence-electron chi connectivity index (χ3n) is 3.69. The number of benzene rings is 2. The minimum atomic E-state index is -0.652. The van der Waals surface area contributed by atoms with E-state index in [1.165, 1.54) is 12.1 Å². The molecule has 0 amide bonds. The Morgan fingerprint density at radius 1 is 1.14 bits per heavy atom. The van der Waals surface area contributed by atoms with Crippen LogP contribution >= 0.6 is 0 Å². The zero-order valence-electron chi connectivity index (χ0n) is 12.7. The number of hydrogen-bond acceptors (Lipinski definition) is 3. The lowest BCUT2D eigenvalue weighted by Crippen LogP contribution is -2.30. The maximum Gasteiger partial charge on any atom is 0.123 e. The number of phenols is 1. The van der Waals surface area contributed by atoms with E-state index in [-0.39, 0.29) is 17.6 Å². The van der Waals surface area contributed by atoms with E-state index in [2.05, 4.69) is 12.2 Å². The van der Waals surface area contributed by atoms with Crippen LogP contribution in [-0.4, -0.2) is 22.8 Å². The molecule has 2 rings (SSSR count). The molecule has 2 aromatic carbocycles. The predicted octanol–water partition coefficient (Wildman–Crippen LogP) is 3.18. The van der Waals surface area contributed by atoms with Gasteiger partial charge in [0.05, 0.1) is 6.10 Å². The van der Waals surface area contributed by atoms with Crippen LogP contribution in [0, 0.1) is 5.82 Å². The first kappa shape index (κ1) is 16.5. The molecule has 2 atom stereocenters. The number of halogens is 1. The molecule has 0 fully saturated rings. The Morgan fingerprint density at radius 3 is 2.55 bits per heavy atom.